The lowest BCUT2D eigenvalue weighted by atomic mass is 10.1. The van der Waals surface area contributed by atoms with Crippen LogP contribution in [-0.4, -0.2) is 17.3 Å². The molecule has 2 aromatic rings. The lowest BCUT2D eigenvalue weighted by Gasteiger charge is -2.22. The van der Waals surface area contributed by atoms with Crippen molar-refractivity contribution in [3.05, 3.63) is 70.8 Å². The van der Waals surface area contributed by atoms with Crippen molar-refractivity contribution in [3.8, 4) is 0 Å². The number of aromatic carboxylic acids is 1. The molecule has 0 unspecified atom stereocenters. The summed E-state index contributed by atoms with van der Waals surface area (Å²) in [7, 11) is 0. The Hall–Kier alpha value is -2.48. The Morgan fingerprint density at radius 1 is 1.08 bits per heavy atom. The minimum Gasteiger partial charge on any atom is -0.477 e. The SMILES string of the molecule is O=C(O)c1c(F)cc(CN[C@H](c2ccccc2)C(F)(F)F)cc1F. The van der Waals surface area contributed by atoms with E-state index in [9.17, 15) is 26.7 Å². The number of alkyl halides is 3. The van der Waals surface area contributed by atoms with Gasteiger partial charge in [-0.1, -0.05) is 30.3 Å². The summed E-state index contributed by atoms with van der Waals surface area (Å²) in [5.41, 5.74) is -1.33. The Balaban J connectivity index is 2.23. The van der Waals surface area contributed by atoms with Crippen molar-refractivity contribution in [2.75, 3.05) is 0 Å². The van der Waals surface area contributed by atoms with E-state index in [1.54, 1.807) is 6.07 Å². The van der Waals surface area contributed by atoms with Gasteiger partial charge in [-0.2, -0.15) is 13.2 Å². The first-order valence-corrected chi connectivity index (χ1v) is 6.76. The van der Waals surface area contributed by atoms with Gasteiger partial charge in [0.2, 0.25) is 0 Å². The Kier molecular flexibility index (Phi) is 5.18. The van der Waals surface area contributed by atoms with Crippen LogP contribution in [0.2, 0.25) is 0 Å². The van der Waals surface area contributed by atoms with Crippen LogP contribution < -0.4 is 5.32 Å². The van der Waals surface area contributed by atoms with Gasteiger partial charge in [0.1, 0.15) is 23.2 Å². The number of benzene rings is 2. The van der Waals surface area contributed by atoms with Gasteiger partial charge in [0.05, 0.1) is 0 Å². The second-order valence-corrected chi connectivity index (χ2v) is 5.01. The largest absolute Gasteiger partial charge is 0.477 e. The standard InChI is InChI=1S/C16H12F5NO2/c17-11-6-9(7-12(18)13(11)15(23)24)8-22-14(16(19,20)21)10-4-2-1-3-5-10/h1-7,14,22H,8H2,(H,23,24)/t14-/m1/s1. The number of carbonyl (C=O) groups is 1. The zero-order valence-corrected chi connectivity index (χ0v) is 12.1. The van der Waals surface area contributed by atoms with Crippen LogP contribution in [0.5, 0.6) is 0 Å². The van der Waals surface area contributed by atoms with Crippen LogP contribution in [-0.2, 0) is 6.54 Å². The Morgan fingerprint density at radius 3 is 2.08 bits per heavy atom. The summed E-state index contributed by atoms with van der Waals surface area (Å²) in [6, 6.07) is 6.36. The molecule has 0 radical (unpaired) electrons. The Morgan fingerprint density at radius 2 is 1.62 bits per heavy atom. The number of hydrogen-bond donors (Lipinski definition) is 2. The van der Waals surface area contributed by atoms with E-state index in [1.165, 1.54) is 24.3 Å². The molecule has 0 amide bonds. The molecule has 2 rings (SSSR count). The van der Waals surface area contributed by atoms with E-state index >= 15 is 0 Å². The number of nitrogens with one attached hydrogen (secondary N) is 1. The third-order valence-electron chi connectivity index (χ3n) is 3.29. The summed E-state index contributed by atoms with van der Waals surface area (Å²) >= 11 is 0. The van der Waals surface area contributed by atoms with Gasteiger partial charge < -0.3 is 5.11 Å². The molecule has 128 valence electrons. The molecule has 0 heterocycles. The molecule has 0 aliphatic heterocycles. The number of halogens is 5. The molecule has 0 aliphatic carbocycles. The van der Waals surface area contributed by atoms with Crippen LogP contribution in [0.25, 0.3) is 0 Å². The van der Waals surface area contributed by atoms with E-state index in [2.05, 4.69) is 5.32 Å². The highest BCUT2D eigenvalue weighted by atomic mass is 19.4. The molecule has 2 aromatic carbocycles. The van der Waals surface area contributed by atoms with E-state index in [0.29, 0.717) is 12.1 Å². The molecule has 0 saturated heterocycles. The minimum atomic E-state index is -4.61. The second-order valence-electron chi connectivity index (χ2n) is 5.01. The predicted molar refractivity (Wildman–Crippen MR) is 75.4 cm³/mol. The van der Waals surface area contributed by atoms with Crippen LogP contribution >= 0.6 is 0 Å². The highest BCUT2D eigenvalue weighted by Crippen LogP contribution is 2.32. The van der Waals surface area contributed by atoms with Gasteiger partial charge in [0.25, 0.3) is 0 Å². The van der Waals surface area contributed by atoms with Gasteiger partial charge in [-0.05, 0) is 23.3 Å². The summed E-state index contributed by atoms with van der Waals surface area (Å²) in [6.45, 7) is -0.493. The van der Waals surface area contributed by atoms with Crippen molar-refractivity contribution in [2.45, 2.75) is 18.8 Å². The quantitative estimate of drug-likeness (QED) is 0.804. The summed E-state index contributed by atoms with van der Waals surface area (Å²) in [5, 5.41) is 10.9. The molecule has 8 heteroatoms. The molecule has 24 heavy (non-hydrogen) atoms. The van der Waals surface area contributed by atoms with E-state index in [0.717, 1.165) is 0 Å². The Labute approximate surface area is 133 Å². The maximum absolute atomic E-state index is 13.6. The van der Waals surface area contributed by atoms with E-state index in [4.69, 9.17) is 5.11 Å². The second kappa shape index (κ2) is 6.96. The third-order valence-corrected chi connectivity index (χ3v) is 3.29. The topological polar surface area (TPSA) is 49.3 Å². The molecule has 0 fully saturated rings. The zero-order chi connectivity index (χ0) is 17.9. The summed E-state index contributed by atoms with van der Waals surface area (Å²) in [5.74, 6) is -4.48. The van der Waals surface area contributed by atoms with E-state index < -0.39 is 41.9 Å². The molecule has 0 bridgehead atoms. The van der Waals surface area contributed by atoms with E-state index in [1.807, 2.05) is 0 Å². The van der Waals surface area contributed by atoms with Gasteiger partial charge in [-0.15, -0.1) is 0 Å². The van der Waals surface area contributed by atoms with Crippen molar-refractivity contribution in [3.63, 3.8) is 0 Å². The fourth-order valence-electron chi connectivity index (χ4n) is 2.22. The molecule has 0 spiro atoms. The average molecular weight is 345 g/mol. The molecule has 1 atom stereocenters. The van der Waals surface area contributed by atoms with Crippen molar-refractivity contribution >= 4 is 5.97 Å². The summed E-state index contributed by atoms with van der Waals surface area (Å²) < 4.78 is 66.6. The van der Waals surface area contributed by atoms with Crippen LogP contribution in [0.15, 0.2) is 42.5 Å². The van der Waals surface area contributed by atoms with Crippen molar-refractivity contribution in [2.24, 2.45) is 0 Å². The molecular weight excluding hydrogens is 333 g/mol. The van der Waals surface area contributed by atoms with Crippen LogP contribution in [0.1, 0.15) is 27.5 Å². The Bertz CT molecular complexity index is 708. The normalized spacial score (nSPS) is 12.9. The fourth-order valence-corrected chi connectivity index (χ4v) is 2.22. The van der Waals surface area contributed by atoms with Crippen LogP contribution in [0.3, 0.4) is 0 Å². The minimum absolute atomic E-state index is 0.0481. The highest BCUT2D eigenvalue weighted by Gasteiger charge is 2.40. The molecule has 0 aromatic heterocycles. The van der Waals surface area contributed by atoms with Gasteiger partial charge in [0.15, 0.2) is 0 Å². The fraction of sp³-hybridized carbons (Fsp3) is 0.188. The first kappa shape index (κ1) is 17.9. The maximum Gasteiger partial charge on any atom is 0.407 e. The van der Waals surface area contributed by atoms with Gasteiger partial charge >= 0.3 is 12.1 Å². The third kappa shape index (κ3) is 4.08. The maximum atomic E-state index is 13.6. The zero-order valence-electron chi connectivity index (χ0n) is 12.1. The summed E-state index contributed by atoms with van der Waals surface area (Å²) in [4.78, 5) is 10.7. The van der Waals surface area contributed by atoms with Crippen molar-refractivity contribution in [1.82, 2.24) is 5.32 Å². The van der Waals surface area contributed by atoms with Gasteiger partial charge in [-0.3, -0.25) is 5.32 Å². The summed E-state index contributed by atoms with van der Waals surface area (Å²) in [6.07, 6.45) is -4.61. The van der Waals surface area contributed by atoms with Crippen molar-refractivity contribution < 1.29 is 31.9 Å². The van der Waals surface area contributed by atoms with E-state index in [-0.39, 0.29) is 11.1 Å². The first-order chi connectivity index (χ1) is 11.2. The van der Waals surface area contributed by atoms with Gasteiger partial charge in [-0.25, -0.2) is 13.6 Å². The molecule has 0 aliphatic rings. The average Bonchev–Trinajstić information content (AvgIpc) is 2.46. The lowest BCUT2D eigenvalue weighted by Crippen LogP contribution is -2.33. The highest BCUT2D eigenvalue weighted by molar-refractivity contribution is 5.88. The monoisotopic (exact) mass is 345 g/mol. The van der Waals surface area contributed by atoms with Crippen molar-refractivity contribution in [1.29, 1.82) is 0 Å². The number of carboxylic acid groups (broad SMARTS) is 1. The number of hydrogen-bond acceptors (Lipinski definition) is 2. The molecule has 2 N–H and O–H groups in total. The molecule has 0 saturated carbocycles. The van der Waals surface area contributed by atoms with Gasteiger partial charge in [0, 0.05) is 6.54 Å². The molecular formula is C16H12F5NO2. The van der Waals surface area contributed by atoms with Crippen LogP contribution in [0.4, 0.5) is 22.0 Å². The number of rotatable bonds is 5. The smallest absolute Gasteiger partial charge is 0.407 e. The lowest BCUT2D eigenvalue weighted by molar-refractivity contribution is -0.158. The molecule has 3 nitrogen and oxygen atoms in total. The predicted octanol–water partition coefficient (Wildman–Crippen LogP) is 4.06. The first-order valence-electron chi connectivity index (χ1n) is 6.76. The number of carboxylic acids is 1. The van der Waals surface area contributed by atoms with Crippen LogP contribution in [0, 0.1) is 11.6 Å².